The Kier molecular flexibility index (Phi) is 4.72. The fourth-order valence-electron chi connectivity index (χ4n) is 2.83. The molecule has 0 aliphatic carbocycles. The van der Waals surface area contributed by atoms with Crippen molar-refractivity contribution in [3.05, 3.63) is 53.6 Å². The minimum Gasteiger partial charge on any atom is -0.482 e. The summed E-state index contributed by atoms with van der Waals surface area (Å²) >= 11 is 0. The lowest BCUT2D eigenvalue weighted by atomic mass is 9.86. The van der Waals surface area contributed by atoms with Crippen LogP contribution >= 0.6 is 0 Å². The maximum Gasteiger partial charge on any atom is 0.265 e. The highest BCUT2D eigenvalue weighted by Crippen LogP contribution is 2.36. The van der Waals surface area contributed by atoms with Crippen LogP contribution in [0.1, 0.15) is 31.9 Å². The molecule has 0 saturated carbocycles. The SMILES string of the molecule is Cc1ccc(NC(=O)CN2C(=O)COc3cc(C(C)(C)C)ccc32)cc1. The van der Waals surface area contributed by atoms with Gasteiger partial charge in [0.05, 0.1) is 5.69 Å². The van der Waals surface area contributed by atoms with Gasteiger partial charge in [0.15, 0.2) is 6.61 Å². The van der Waals surface area contributed by atoms with Crippen molar-refractivity contribution in [2.24, 2.45) is 0 Å². The number of carbonyl (C=O) groups is 2. The molecule has 2 aromatic carbocycles. The summed E-state index contributed by atoms with van der Waals surface area (Å²) < 4.78 is 5.59. The van der Waals surface area contributed by atoms with Crippen LogP contribution in [0, 0.1) is 6.92 Å². The monoisotopic (exact) mass is 352 g/mol. The Labute approximate surface area is 154 Å². The van der Waals surface area contributed by atoms with Gasteiger partial charge < -0.3 is 10.1 Å². The number of nitrogens with zero attached hydrogens (tertiary/aromatic N) is 1. The molecule has 2 aromatic rings. The number of benzene rings is 2. The summed E-state index contributed by atoms with van der Waals surface area (Å²) in [6.45, 7) is 8.25. The first kappa shape index (κ1) is 18.0. The first-order chi connectivity index (χ1) is 12.2. The second-order valence-electron chi connectivity index (χ2n) is 7.62. The number of amides is 2. The van der Waals surface area contributed by atoms with Crippen molar-refractivity contribution in [3.63, 3.8) is 0 Å². The highest BCUT2D eigenvalue weighted by molar-refractivity contribution is 6.05. The van der Waals surface area contributed by atoms with Crippen LogP contribution in [0.5, 0.6) is 5.75 Å². The van der Waals surface area contributed by atoms with Gasteiger partial charge in [0.1, 0.15) is 12.3 Å². The molecule has 0 radical (unpaired) electrons. The Bertz CT molecular complexity index is 835. The maximum absolute atomic E-state index is 12.4. The summed E-state index contributed by atoms with van der Waals surface area (Å²) in [5, 5.41) is 2.83. The molecule has 5 nitrogen and oxygen atoms in total. The molecule has 0 fully saturated rings. The molecule has 1 aliphatic heterocycles. The zero-order valence-corrected chi connectivity index (χ0v) is 15.6. The van der Waals surface area contributed by atoms with Crippen LogP contribution < -0.4 is 15.0 Å². The molecule has 1 heterocycles. The van der Waals surface area contributed by atoms with Crippen LogP contribution in [0.15, 0.2) is 42.5 Å². The van der Waals surface area contributed by atoms with Crippen LogP contribution in [-0.2, 0) is 15.0 Å². The van der Waals surface area contributed by atoms with Crippen LogP contribution in [0.4, 0.5) is 11.4 Å². The van der Waals surface area contributed by atoms with E-state index in [1.807, 2.05) is 49.4 Å². The summed E-state index contributed by atoms with van der Waals surface area (Å²) in [6.07, 6.45) is 0. The lowest BCUT2D eigenvalue weighted by molar-refractivity contribution is -0.123. The molecule has 136 valence electrons. The third-order valence-electron chi connectivity index (χ3n) is 4.41. The first-order valence-electron chi connectivity index (χ1n) is 8.68. The summed E-state index contributed by atoms with van der Waals surface area (Å²) in [6, 6.07) is 13.3. The second kappa shape index (κ2) is 6.83. The first-order valence-corrected chi connectivity index (χ1v) is 8.68. The van der Waals surface area contributed by atoms with Crippen molar-refractivity contribution in [2.45, 2.75) is 33.1 Å². The lowest BCUT2D eigenvalue weighted by Crippen LogP contribution is -2.43. The van der Waals surface area contributed by atoms with Gasteiger partial charge in [0, 0.05) is 5.69 Å². The van der Waals surface area contributed by atoms with Gasteiger partial charge in [-0.25, -0.2) is 0 Å². The molecule has 0 unspecified atom stereocenters. The van der Waals surface area contributed by atoms with Crippen LogP contribution in [0.2, 0.25) is 0 Å². The minimum absolute atomic E-state index is 0.0203. The normalized spacial score (nSPS) is 13.8. The van der Waals surface area contributed by atoms with Gasteiger partial charge in [-0.2, -0.15) is 0 Å². The summed E-state index contributed by atoms with van der Waals surface area (Å²) in [4.78, 5) is 26.2. The molecule has 0 saturated heterocycles. The average molecular weight is 352 g/mol. The van der Waals surface area contributed by atoms with E-state index in [9.17, 15) is 9.59 Å². The summed E-state index contributed by atoms with van der Waals surface area (Å²) in [5.74, 6) is 0.176. The standard InChI is InChI=1S/C21H24N2O3/c1-14-5-8-16(9-6-14)22-19(24)12-23-17-10-7-15(21(2,3)4)11-18(17)26-13-20(23)25/h5-11H,12-13H2,1-4H3,(H,22,24). The van der Waals surface area contributed by atoms with E-state index in [4.69, 9.17) is 4.74 Å². The summed E-state index contributed by atoms with van der Waals surface area (Å²) in [5.41, 5.74) is 3.57. The number of hydrogen-bond acceptors (Lipinski definition) is 3. The van der Waals surface area contributed by atoms with Gasteiger partial charge in [-0.15, -0.1) is 0 Å². The highest BCUT2D eigenvalue weighted by atomic mass is 16.5. The van der Waals surface area contributed by atoms with E-state index in [1.165, 1.54) is 4.90 Å². The number of anilines is 2. The van der Waals surface area contributed by atoms with E-state index in [2.05, 4.69) is 26.1 Å². The highest BCUT2D eigenvalue weighted by Gasteiger charge is 2.28. The number of rotatable bonds is 3. The van der Waals surface area contributed by atoms with Gasteiger partial charge in [-0.3, -0.25) is 14.5 Å². The Hall–Kier alpha value is -2.82. The third kappa shape index (κ3) is 3.87. The maximum atomic E-state index is 12.4. The predicted molar refractivity (Wildman–Crippen MR) is 103 cm³/mol. The number of fused-ring (bicyclic) bond motifs is 1. The van der Waals surface area contributed by atoms with Crippen LogP contribution in [-0.4, -0.2) is 25.0 Å². The Morgan fingerprint density at radius 3 is 2.50 bits per heavy atom. The molecule has 0 spiro atoms. The van der Waals surface area contributed by atoms with Crippen LogP contribution in [0.25, 0.3) is 0 Å². The number of ether oxygens (including phenoxy) is 1. The number of carbonyl (C=O) groups excluding carboxylic acids is 2. The van der Waals surface area contributed by atoms with Crippen molar-refractivity contribution < 1.29 is 14.3 Å². The second-order valence-corrected chi connectivity index (χ2v) is 7.62. The molecule has 3 rings (SSSR count). The van der Waals surface area contributed by atoms with E-state index < -0.39 is 0 Å². The smallest absolute Gasteiger partial charge is 0.265 e. The average Bonchev–Trinajstić information content (AvgIpc) is 2.58. The molecule has 0 aromatic heterocycles. The Balaban J connectivity index is 1.79. The molecule has 1 N–H and O–H groups in total. The fourth-order valence-corrected chi connectivity index (χ4v) is 2.83. The van der Waals surface area contributed by atoms with Gasteiger partial charge in [0.25, 0.3) is 5.91 Å². The minimum atomic E-state index is -0.241. The van der Waals surface area contributed by atoms with E-state index >= 15 is 0 Å². The van der Waals surface area contributed by atoms with Gasteiger partial charge in [-0.1, -0.05) is 44.5 Å². The zero-order chi connectivity index (χ0) is 18.9. The third-order valence-corrected chi connectivity index (χ3v) is 4.41. The molecule has 0 bridgehead atoms. The van der Waals surface area contributed by atoms with Crippen molar-refractivity contribution in [3.8, 4) is 5.75 Å². The molecular formula is C21H24N2O3. The summed E-state index contributed by atoms with van der Waals surface area (Å²) in [7, 11) is 0. The van der Waals surface area contributed by atoms with Crippen molar-refractivity contribution in [1.29, 1.82) is 0 Å². The molecule has 2 amide bonds. The Morgan fingerprint density at radius 1 is 1.15 bits per heavy atom. The molecule has 26 heavy (non-hydrogen) atoms. The van der Waals surface area contributed by atoms with E-state index in [-0.39, 0.29) is 30.4 Å². The predicted octanol–water partition coefficient (Wildman–Crippen LogP) is 3.66. The van der Waals surface area contributed by atoms with Crippen LogP contribution in [0.3, 0.4) is 0 Å². The quantitative estimate of drug-likeness (QED) is 0.917. The van der Waals surface area contributed by atoms with E-state index in [1.54, 1.807) is 0 Å². The van der Waals surface area contributed by atoms with E-state index in [0.717, 1.165) is 11.1 Å². The largest absolute Gasteiger partial charge is 0.482 e. The zero-order valence-electron chi connectivity index (χ0n) is 15.6. The van der Waals surface area contributed by atoms with E-state index in [0.29, 0.717) is 17.1 Å². The topological polar surface area (TPSA) is 58.6 Å². The van der Waals surface area contributed by atoms with Gasteiger partial charge >= 0.3 is 0 Å². The molecule has 5 heteroatoms. The number of aryl methyl sites for hydroxylation is 1. The number of hydrogen-bond donors (Lipinski definition) is 1. The van der Waals surface area contributed by atoms with Gasteiger partial charge in [-0.05, 0) is 42.2 Å². The van der Waals surface area contributed by atoms with Crippen molar-refractivity contribution >= 4 is 23.2 Å². The molecular weight excluding hydrogens is 328 g/mol. The molecule has 1 aliphatic rings. The van der Waals surface area contributed by atoms with Crippen molar-refractivity contribution in [1.82, 2.24) is 0 Å². The lowest BCUT2D eigenvalue weighted by Gasteiger charge is -2.30. The molecule has 0 atom stereocenters. The fraction of sp³-hybridized carbons (Fsp3) is 0.333. The number of nitrogens with one attached hydrogen (secondary N) is 1. The van der Waals surface area contributed by atoms with Gasteiger partial charge in [0.2, 0.25) is 5.91 Å². The Morgan fingerprint density at radius 2 is 1.85 bits per heavy atom. The van der Waals surface area contributed by atoms with Crippen molar-refractivity contribution in [2.75, 3.05) is 23.4 Å².